The Labute approximate surface area is 203 Å². The Morgan fingerprint density at radius 3 is 2.77 bits per heavy atom. The average Bonchev–Trinajstić information content (AvgIpc) is 3.68. The van der Waals surface area contributed by atoms with Crippen LogP contribution in [-0.4, -0.2) is 53.5 Å². The maximum Gasteiger partial charge on any atom is 0.256 e. The van der Waals surface area contributed by atoms with Gasteiger partial charge in [0, 0.05) is 31.7 Å². The topological polar surface area (TPSA) is 97.4 Å². The van der Waals surface area contributed by atoms with Gasteiger partial charge in [-0.05, 0) is 43.9 Å². The van der Waals surface area contributed by atoms with Crippen molar-refractivity contribution in [1.29, 1.82) is 0 Å². The summed E-state index contributed by atoms with van der Waals surface area (Å²) in [5.74, 6) is -0.00920. The van der Waals surface area contributed by atoms with Crippen LogP contribution in [0.1, 0.15) is 67.0 Å². The molecule has 2 aliphatic rings. The van der Waals surface area contributed by atoms with Crippen molar-refractivity contribution in [3.8, 4) is 0 Å². The number of carbonyl (C=O) groups excluding carboxylic acids is 2. The summed E-state index contributed by atoms with van der Waals surface area (Å²) < 4.78 is 3.77. The van der Waals surface area contributed by atoms with E-state index in [0.29, 0.717) is 30.7 Å². The van der Waals surface area contributed by atoms with Crippen LogP contribution < -0.4 is 5.32 Å². The normalized spacial score (nSPS) is 18.6. The number of likely N-dealkylation sites (tertiary alicyclic amines) is 1. The number of amides is 2. The molecule has 1 aliphatic heterocycles. The van der Waals surface area contributed by atoms with E-state index in [4.69, 9.17) is 0 Å². The van der Waals surface area contributed by atoms with E-state index in [1.807, 2.05) is 39.8 Å². The molecule has 4 heterocycles. The van der Waals surface area contributed by atoms with Gasteiger partial charge in [-0.3, -0.25) is 9.59 Å². The van der Waals surface area contributed by atoms with Gasteiger partial charge in [-0.15, -0.1) is 0 Å². The monoisotopic (exact) mass is 471 g/mol. The zero-order valence-corrected chi connectivity index (χ0v) is 19.6. The molecule has 0 bridgehead atoms. The Balaban J connectivity index is 1.20. The number of imidazole rings is 1. The summed E-state index contributed by atoms with van der Waals surface area (Å²) in [6.07, 6.45) is 11.7. The highest BCUT2D eigenvalue weighted by atomic mass is 16.2. The Kier molecular flexibility index (Phi) is 5.67. The molecule has 180 valence electrons. The fourth-order valence-electron chi connectivity index (χ4n) is 5.58. The highest BCUT2D eigenvalue weighted by molar-refractivity contribution is 5.99. The lowest BCUT2D eigenvalue weighted by molar-refractivity contribution is -0.132. The highest BCUT2D eigenvalue weighted by Gasteiger charge is 2.32. The van der Waals surface area contributed by atoms with E-state index in [1.165, 1.54) is 0 Å². The first kappa shape index (κ1) is 21.8. The number of aromatic nitrogens is 5. The molecule has 1 N–H and O–H groups in total. The van der Waals surface area contributed by atoms with Crippen LogP contribution in [0.25, 0.3) is 16.7 Å². The largest absolute Gasteiger partial charge is 0.349 e. The summed E-state index contributed by atoms with van der Waals surface area (Å²) in [6.45, 7) is 1.30. The predicted octanol–water partition coefficient (Wildman–Crippen LogP) is 3.51. The molecule has 0 unspecified atom stereocenters. The Hall–Kier alpha value is -3.75. The van der Waals surface area contributed by atoms with Gasteiger partial charge < -0.3 is 14.8 Å². The molecule has 2 amide bonds. The highest BCUT2D eigenvalue weighted by Crippen LogP contribution is 2.33. The summed E-state index contributed by atoms with van der Waals surface area (Å²) in [4.78, 5) is 37.0. The predicted molar refractivity (Wildman–Crippen MR) is 131 cm³/mol. The van der Waals surface area contributed by atoms with Crippen LogP contribution in [0.5, 0.6) is 0 Å². The van der Waals surface area contributed by atoms with Crippen molar-refractivity contribution in [2.45, 2.75) is 63.6 Å². The number of nitrogens with one attached hydrogen (secondary N) is 1. The SMILES string of the molecule is O=C(NC1CCCC1)c1cnn2c([C@@H]3CCCN3C(=O)CCn3cnc4ccccc43)ccnc12. The number of benzene rings is 1. The maximum atomic E-state index is 13.3. The molecule has 1 aromatic carbocycles. The Morgan fingerprint density at radius 1 is 1.03 bits per heavy atom. The van der Waals surface area contributed by atoms with Crippen LogP contribution in [0.3, 0.4) is 0 Å². The van der Waals surface area contributed by atoms with Crippen molar-refractivity contribution < 1.29 is 9.59 Å². The fourth-order valence-corrected chi connectivity index (χ4v) is 5.58. The number of fused-ring (bicyclic) bond motifs is 2. The molecule has 1 atom stereocenters. The summed E-state index contributed by atoms with van der Waals surface area (Å²) in [6, 6.07) is 10.0. The van der Waals surface area contributed by atoms with Gasteiger partial charge >= 0.3 is 0 Å². The van der Waals surface area contributed by atoms with Gasteiger partial charge in [-0.1, -0.05) is 25.0 Å². The van der Waals surface area contributed by atoms with Crippen molar-refractivity contribution in [3.63, 3.8) is 0 Å². The smallest absolute Gasteiger partial charge is 0.256 e. The first-order valence-corrected chi connectivity index (χ1v) is 12.5. The number of hydrogen-bond acceptors (Lipinski definition) is 5. The molecule has 9 heteroatoms. The molecular weight excluding hydrogens is 442 g/mol. The van der Waals surface area contributed by atoms with E-state index in [2.05, 4.69) is 20.4 Å². The molecule has 2 fully saturated rings. The first-order valence-electron chi connectivity index (χ1n) is 12.5. The lowest BCUT2D eigenvalue weighted by atomic mass is 10.1. The zero-order valence-electron chi connectivity index (χ0n) is 19.6. The number of carbonyl (C=O) groups is 2. The second-order valence-corrected chi connectivity index (χ2v) is 9.54. The molecule has 0 spiro atoms. The molecule has 1 aliphatic carbocycles. The summed E-state index contributed by atoms with van der Waals surface area (Å²) in [5, 5.41) is 7.64. The van der Waals surface area contributed by atoms with Crippen LogP contribution in [0.4, 0.5) is 0 Å². The average molecular weight is 472 g/mol. The zero-order chi connectivity index (χ0) is 23.8. The number of aryl methyl sites for hydroxylation is 1. The first-order chi connectivity index (χ1) is 17.2. The number of para-hydroxylation sites is 2. The second kappa shape index (κ2) is 9.13. The van der Waals surface area contributed by atoms with Gasteiger partial charge in [0.2, 0.25) is 5.91 Å². The van der Waals surface area contributed by atoms with Crippen LogP contribution in [0.15, 0.2) is 49.1 Å². The van der Waals surface area contributed by atoms with Crippen molar-refractivity contribution in [1.82, 2.24) is 34.4 Å². The van der Waals surface area contributed by atoms with Crippen LogP contribution in [-0.2, 0) is 11.3 Å². The maximum absolute atomic E-state index is 13.3. The van der Waals surface area contributed by atoms with Gasteiger partial charge in [0.05, 0.1) is 35.3 Å². The lowest BCUT2D eigenvalue weighted by Gasteiger charge is -2.25. The van der Waals surface area contributed by atoms with Gasteiger partial charge in [-0.2, -0.15) is 5.10 Å². The van der Waals surface area contributed by atoms with E-state index in [1.54, 1.807) is 23.2 Å². The number of nitrogens with zero attached hydrogens (tertiary/aromatic N) is 6. The third-order valence-corrected chi connectivity index (χ3v) is 7.37. The van der Waals surface area contributed by atoms with Crippen LogP contribution in [0, 0.1) is 0 Å². The molecular formula is C26H29N7O2. The molecule has 3 aromatic heterocycles. The van der Waals surface area contributed by atoms with E-state index in [9.17, 15) is 9.59 Å². The summed E-state index contributed by atoms with van der Waals surface area (Å²) in [5.41, 5.74) is 3.90. The van der Waals surface area contributed by atoms with E-state index in [-0.39, 0.29) is 23.9 Å². The van der Waals surface area contributed by atoms with E-state index in [0.717, 1.165) is 55.3 Å². The van der Waals surface area contributed by atoms with Gasteiger partial charge in [0.15, 0.2) is 5.65 Å². The third kappa shape index (κ3) is 4.05. The van der Waals surface area contributed by atoms with Gasteiger partial charge in [0.1, 0.15) is 5.56 Å². The van der Waals surface area contributed by atoms with Crippen molar-refractivity contribution in [3.05, 3.63) is 60.3 Å². The Bertz CT molecular complexity index is 1380. The minimum Gasteiger partial charge on any atom is -0.349 e. The molecule has 9 nitrogen and oxygen atoms in total. The number of rotatable bonds is 6. The lowest BCUT2D eigenvalue weighted by Crippen LogP contribution is -2.33. The molecule has 35 heavy (non-hydrogen) atoms. The van der Waals surface area contributed by atoms with Crippen LogP contribution in [0.2, 0.25) is 0 Å². The fraction of sp³-hybridized carbons (Fsp3) is 0.423. The van der Waals surface area contributed by atoms with Gasteiger partial charge in [0.25, 0.3) is 5.91 Å². The molecule has 6 rings (SSSR count). The number of hydrogen-bond donors (Lipinski definition) is 1. The van der Waals surface area contributed by atoms with Crippen molar-refractivity contribution in [2.75, 3.05) is 6.54 Å². The van der Waals surface area contributed by atoms with E-state index >= 15 is 0 Å². The second-order valence-electron chi connectivity index (χ2n) is 9.54. The molecule has 1 saturated carbocycles. The minimum absolute atomic E-state index is 0.0850. The van der Waals surface area contributed by atoms with Crippen molar-refractivity contribution >= 4 is 28.5 Å². The quantitative estimate of drug-likeness (QED) is 0.464. The standard InChI is InChI=1S/C26H29N7O2/c34-24(12-15-31-17-28-20-8-3-4-9-21(20)31)32-14-5-10-22(32)23-11-13-27-25-19(16-29-33(23)25)26(35)30-18-6-1-2-7-18/h3-4,8-9,11,13,16-18,22H,1-2,5-7,10,12,14-15H2,(H,30,35)/t22-/m0/s1. The Morgan fingerprint density at radius 2 is 1.89 bits per heavy atom. The van der Waals surface area contributed by atoms with Crippen LogP contribution >= 0.6 is 0 Å². The van der Waals surface area contributed by atoms with Crippen molar-refractivity contribution in [2.24, 2.45) is 0 Å². The summed E-state index contributed by atoms with van der Waals surface area (Å²) >= 11 is 0. The third-order valence-electron chi connectivity index (χ3n) is 7.37. The minimum atomic E-state index is -0.122. The van der Waals surface area contributed by atoms with Gasteiger partial charge in [-0.25, -0.2) is 14.5 Å². The molecule has 0 radical (unpaired) electrons. The summed E-state index contributed by atoms with van der Waals surface area (Å²) in [7, 11) is 0. The molecule has 4 aromatic rings. The molecule has 1 saturated heterocycles. The van der Waals surface area contributed by atoms with E-state index < -0.39 is 0 Å².